The lowest BCUT2D eigenvalue weighted by atomic mass is 10.1. The lowest BCUT2D eigenvalue weighted by molar-refractivity contribution is -0.122. The first kappa shape index (κ1) is 18.1. The Morgan fingerprint density at radius 3 is 2.58 bits per heavy atom. The number of nitrogens with one attached hydrogen (secondary N) is 2. The Morgan fingerprint density at radius 1 is 1.19 bits per heavy atom. The molecule has 2 aromatic rings. The largest absolute Gasteiger partial charge is 0.324 e. The van der Waals surface area contributed by atoms with Crippen LogP contribution < -0.4 is 10.6 Å². The number of halogens is 1. The third-order valence-corrected chi connectivity index (χ3v) is 5.03. The van der Waals surface area contributed by atoms with Gasteiger partial charge in [-0.2, -0.15) is 0 Å². The maximum absolute atomic E-state index is 13.6. The van der Waals surface area contributed by atoms with E-state index >= 15 is 0 Å². The molecular weight excluding hydrogens is 353 g/mol. The monoisotopic (exact) mass is 371 g/mol. The first-order chi connectivity index (χ1) is 12.4. The van der Waals surface area contributed by atoms with Gasteiger partial charge in [-0.05, 0) is 37.1 Å². The van der Waals surface area contributed by atoms with Gasteiger partial charge in [-0.3, -0.25) is 9.59 Å². The summed E-state index contributed by atoms with van der Waals surface area (Å²) in [6, 6.07) is 11.8. The van der Waals surface area contributed by atoms with Gasteiger partial charge in [0.15, 0.2) is 5.17 Å². The second-order valence-corrected chi connectivity index (χ2v) is 7.18. The molecule has 2 aromatic carbocycles. The fraction of sp³-hybridized carbons (Fsp3) is 0.211. The van der Waals surface area contributed by atoms with Gasteiger partial charge in [-0.1, -0.05) is 42.1 Å². The van der Waals surface area contributed by atoms with Crippen LogP contribution in [-0.2, 0) is 9.59 Å². The zero-order valence-electron chi connectivity index (χ0n) is 14.4. The van der Waals surface area contributed by atoms with Crippen LogP contribution in [0, 0.1) is 19.7 Å². The molecule has 0 bridgehead atoms. The van der Waals surface area contributed by atoms with E-state index in [-0.39, 0.29) is 18.0 Å². The minimum Gasteiger partial charge on any atom is -0.324 e. The first-order valence-electron chi connectivity index (χ1n) is 8.11. The molecule has 2 N–H and O–H groups in total. The molecule has 1 aliphatic heterocycles. The summed E-state index contributed by atoms with van der Waals surface area (Å²) in [6.45, 7) is 3.90. The summed E-state index contributed by atoms with van der Waals surface area (Å²) in [6.07, 6.45) is -0.0589. The van der Waals surface area contributed by atoms with E-state index in [0.717, 1.165) is 16.8 Å². The molecule has 2 amide bonds. The van der Waals surface area contributed by atoms with Crippen LogP contribution in [0.2, 0.25) is 0 Å². The molecule has 1 saturated heterocycles. The number of aryl methyl sites for hydroxylation is 2. The predicted octanol–water partition coefficient (Wildman–Crippen LogP) is 3.69. The average molecular weight is 371 g/mol. The molecule has 0 aromatic heterocycles. The van der Waals surface area contributed by atoms with E-state index < -0.39 is 17.0 Å². The minimum absolute atomic E-state index is 0.0589. The van der Waals surface area contributed by atoms with Gasteiger partial charge in [0, 0.05) is 6.42 Å². The lowest BCUT2D eigenvalue weighted by Crippen LogP contribution is -2.28. The fourth-order valence-electron chi connectivity index (χ4n) is 2.61. The van der Waals surface area contributed by atoms with E-state index in [0.29, 0.717) is 5.17 Å². The number of carbonyl (C=O) groups is 2. The van der Waals surface area contributed by atoms with Crippen molar-refractivity contribution in [2.45, 2.75) is 25.5 Å². The highest BCUT2D eigenvalue weighted by molar-refractivity contribution is 8.15. The van der Waals surface area contributed by atoms with Gasteiger partial charge in [0.2, 0.25) is 11.8 Å². The van der Waals surface area contributed by atoms with E-state index in [2.05, 4.69) is 15.6 Å². The summed E-state index contributed by atoms with van der Waals surface area (Å²) < 4.78 is 13.6. The Hall–Kier alpha value is -2.67. The second kappa shape index (κ2) is 7.70. The van der Waals surface area contributed by atoms with Crippen molar-refractivity contribution in [3.8, 4) is 0 Å². The molecule has 0 unspecified atom stereocenters. The maximum atomic E-state index is 13.6. The van der Waals surface area contributed by atoms with Crippen LogP contribution in [0.15, 0.2) is 47.5 Å². The van der Waals surface area contributed by atoms with Crippen molar-refractivity contribution in [2.24, 2.45) is 4.99 Å². The number of hydrogen-bond acceptors (Lipinski definition) is 4. The van der Waals surface area contributed by atoms with Crippen LogP contribution in [0.3, 0.4) is 0 Å². The summed E-state index contributed by atoms with van der Waals surface area (Å²) >= 11 is 1.21. The van der Waals surface area contributed by atoms with Crippen molar-refractivity contribution in [2.75, 3.05) is 5.32 Å². The zero-order valence-corrected chi connectivity index (χ0v) is 15.2. The molecule has 3 rings (SSSR count). The molecule has 7 heteroatoms. The molecule has 0 spiro atoms. The number of benzene rings is 2. The van der Waals surface area contributed by atoms with Crippen LogP contribution in [0.1, 0.15) is 17.5 Å². The Kier molecular flexibility index (Phi) is 5.37. The van der Waals surface area contributed by atoms with Gasteiger partial charge in [-0.25, -0.2) is 9.38 Å². The van der Waals surface area contributed by atoms with E-state index in [4.69, 9.17) is 0 Å². The maximum Gasteiger partial charge on any atom is 0.240 e. The molecule has 5 nitrogen and oxygen atoms in total. The number of hydrogen-bond donors (Lipinski definition) is 2. The number of amidine groups is 1. The fourth-order valence-corrected chi connectivity index (χ4v) is 3.58. The van der Waals surface area contributed by atoms with Gasteiger partial charge < -0.3 is 10.6 Å². The number of thioether (sulfide) groups is 1. The Balaban J connectivity index is 1.67. The molecule has 134 valence electrons. The van der Waals surface area contributed by atoms with E-state index in [1.165, 1.54) is 23.9 Å². The number of aliphatic imine (C=N–C) groups is 1. The summed E-state index contributed by atoms with van der Waals surface area (Å²) in [5, 5.41) is 5.08. The number of rotatable bonds is 4. The SMILES string of the molecule is Cc1cccc(C)c1N=C1NC(=O)[C@H](CC(=O)Nc2ccccc2F)S1. The molecule has 1 atom stereocenters. The van der Waals surface area contributed by atoms with Gasteiger partial charge >= 0.3 is 0 Å². The van der Waals surface area contributed by atoms with Crippen LogP contribution in [0.5, 0.6) is 0 Å². The topological polar surface area (TPSA) is 70.6 Å². The van der Waals surface area contributed by atoms with Crippen molar-refractivity contribution in [1.29, 1.82) is 0 Å². The first-order valence-corrected chi connectivity index (χ1v) is 8.99. The summed E-state index contributed by atoms with van der Waals surface area (Å²) in [5.41, 5.74) is 2.93. The third-order valence-electron chi connectivity index (χ3n) is 3.95. The van der Waals surface area contributed by atoms with Crippen LogP contribution in [0.25, 0.3) is 0 Å². The molecule has 0 saturated carbocycles. The van der Waals surface area contributed by atoms with Crippen molar-refractivity contribution < 1.29 is 14.0 Å². The van der Waals surface area contributed by atoms with Gasteiger partial charge in [-0.15, -0.1) is 0 Å². The van der Waals surface area contributed by atoms with E-state index in [1.807, 2.05) is 32.0 Å². The molecule has 0 aliphatic carbocycles. The van der Waals surface area contributed by atoms with Crippen LogP contribution >= 0.6 is 11.8 Å². The van der Waals surface area contributed by atoms with Crippen molar-refractivity contribution in [1.82, 2.24) is 5.32 Å². The van der Waals surface area contributed by atoms with Crippen LogP contribution in [-0.4, -0.2) is 22.2 Å². The van der Waals surface area contributed by atoms with Crippen molar-refractivity contribution in [3.05, 3.63) is 59.4 Å². The van der Waals surface area contributed by atoms with Crippen LogP contribution in [0.4, 0.5) is 15.8 Å². The summed E-state index contributed by atoms with van der Waals surface area (Å²) in [7, 11) is 0. The van der Waals surface area contributed by atoms with Gasteiger partial charge in [0.25, 0.3) is 0 Å². The highest BCUT2D eigenvalue weighted by Gasteiger charge is 2.32. The number of carbonyl (C=O) groups excluding carboxylic acids is 2. The molecule has 0 radical (unpaired) electrons. The standard InChI is InChI=1S/C19H18FN3O2S/c1-11-6-5-7-12(2)17(11)22-19-23-18(25)15(26-19)10-16(24)21-14-9-4-3-8-13(14)20/h3-9,15H,10H2,1-2H3,(H,21,24)(H,22,23,25)/t15-/m0/s1. The Bertz CT molecular complexity index is 878. The summed E-state index contributed by atoms with van der Waals surface area (Å²) in [5.74, 6) is -1.21. The highest BCUT2D eigenvalue weighted by Crippen LogP contribution is 2.29. The highest BCUT2D eigenvalue weighted by atomic mass is 32.2. The molecule has 1 fully saturated rings. The van der Waals surface area contributed by atoms with E-state index in [1.54, 1.807) is 12.1 Å². The predicted molar refractivity (Wildman–Crippen MR) is 102 cm³/mol. The molecular formula is C19H18FN3O2S. The zero-order chi connectivity index (χ0) is 18.7. The molecule has 26 heavy (non-hydrogen) atoms. The van der Waals surface area contributed by atoms with Gasteiger partial charge in [0.1, 0.15) is 11.1 Å². The Labute approximate surface area is 155 Å². The van der Waals surface area contributed by atoms with Crippen molar-refractivity contribution >= 4 is 40.1 Å². The summed E-state index contributed by atoms with van der Waals surface area (Å²) in [4.78, 5) is 28.8. The molecule has 1 aliphatic rings. The number of amides is 2. The lowest BCUT2D eigenvalue weighted by Gasteiger charge is -2.08. The normalized spacial score (nSPS) is 18.0. The smallest absolute Gasteiger partial charge is 0.240 e. The number of para-hydroxylation sites is 2. The van der Waals surface area contributed by atoms with Crippen molar-refractivity contribution in [3.63, 3.8) is 0 Å². The number of anilines is 1. The average Bonchev–Trinajstić information content (AvgIpc) is 2.93. The van der Waals surface area contributed by atoms with E-state index in [9.17, 15) is 14.0 Å². The quantitative estimate of drug-likeness (QED) is 0.861. The Morgan fingerprint density at radius 2 is 1.88 bits per heavy atom. The third kappa shape index (κ3) is 4.11. The number of nitrogens with zero attached hydrogens (tertiary/aromatic N) is 1. The minimum atomic E-state index is -0.593. The molecule has 1 heterocycles. The van der Waals surface area contributed by atoms with Gasteiger partial charge in [0.05, 0.1) is 11.4 Å². The second-order valence-electron chi connectivity index (χ2n) is 5.99.